The molecule has 0 N–H and O–H groups in total. The van der Waals surface area contributed by atoms with Crippen molar-refractivity contribution in [3.63, 3.8) is 0 Å². The van der Waals surface area contributed by atoms with Crippen LogP contribution in [0.25, 0.3) is 0 Å². The summed E-state index contributed by atoms with van der Waals surface area (Å²) in [6, 6.07) is 5.31. The Hall–Kier alpha value is -2.44. The minimum atomic E-state index is -0.532. The second kappa shape index (κ2) is 8.76. The number of benzene rings is 1. The van der Waals surface area contributed by atoms with E-state index in [1.165, 1.54) is 24.3 Å². The summed E-state index contributed by atoms with van der Waals surface area (Å²) in [5, 5.41) is 11.6. The van der Waals surface area contributed by atoms with Crippen molar-refractivity contribution < 1.29 is 19.3 Å². The third-order valence-corrected chi connectivity index (χ3v) is 2.91. The molecule has 0 radical (unpaired) electrons. The van der Waals surface area contributed by atoms with Crippen LogP contribution in [-0.2, 0) is 14.4 Å². The predicted molar refractivity (Wildman–Crippen MR) is 81.1 cm³/mol. The van der Waals surface area contributed by atoms with Gasteiger partial charge in [0.15, 0.2) is 0 Å². The molecule has 0 bridgehead atoms. The lowest BCUT2D eigenvalue weighted by atomic mass is 10.2. The van der Waals surface area contributed by atoms with Gasteiger partial charge in [-0.2, -0.15) is 0 Å². The molecule has 0 atom stereocenters. The molecule has 0 unspecified atom stereocenters. The van der Waals surface area contributed by atoms with Gasteiger partial charge in [0, 0.05) is 25.0 Å². The molecule has 1 rings (SSSR count). The topological polar surface area (TPSA) is 89.8 Å². The third kappa shape index (κ3) is 5.16. The van der Waals surface area contributed by atoms with E-state index in [-0.39, 0.29) is 24.4 Å². The Labute approximate surface area is 129 Å². The minimum Gasteiger partial charge on any atom is -0.333 e. The number of nitro benzene ring substituents is 1. The number of carbonyl (C=O) groups excluding carboxylic acids is 2. The number of unbranched alkanes of at least 4 members (excludes halogenated alkanes) is 1. The Bertz CT molecular complexity index is 527. The van der Waals surface area contributed by atoms with Gasteiger partial charge in [-0.15, -0.1) is 5.06 Å². The summed E-state index contributed by atoms with van der Waals surface area (Å²) in [5.41, 5.74) is 0.209. The van der Waals surface area contributed by atoms with E-state index in [0.29, 0.717) is 18.5 Å². The summed E-state index contributed by atoms with van der Waals surface area (Å²) in [5.74, 6) is -0.856. The first-order chi connectivity index (χ1) is 10.5. The van der Waals surface area contributed by atoms with E-state index in [1.54, 1.807) is 0 Å². The number of carbonyl (C=O) groups is 2. The smallest absolute Gasteiger partial charge is 0.333 e. The Kier molecular flexibility index (Phi) is 7.01. The highest BCUT2D eigenvalue weighted by atomic mass is 16.7. The van der Waals surface area contributed by atoms with Gasteiger partial charge < -0.3 is 4.84 Å². The van der Waals surface area contributed by atoms with Gasteiger partial charge in [0.05, 0.1) is 10.6 Å². The highest BCUT2D eigenvalue weighted by molar-refractivity contribution is 5.93. The fourth-order valence-corrected chi connectivity index (χ4v) is 1.74. The summed E-state index contributed by atoms with van der Waals surface area (Å²) in [6.45, 7) is 3.78. The van der Waals surface area contributed by atoms with E-state index < -0.39 is 10.9 Å². The molecule has 0 fully saturated rings. The molecule has 0 aliphatic heterocycles. The van der Waals surface area contributed by atoms with Crippen LogP contribution in [0.5, 0.6) is 0 Å². The Morgan fingerprint density at radius 1 is 1.14 bits per heavy atom. The average Bonchev–Trinajstić information content (AvgIpc) is 2.50. The molecule has 7 heteroatoms. The van der Waals surface area contributed by atoms with Crippen LogP contribution in [0.1, 0.15) is 46.0 Å². The van der Waals surface area contributed by atoms with Gasteiger partial charge in [-0.1, -0.05) is 20.3 Å². The van der Waals surface area contributed by atoms with Crippen LogP contribution in [0.2, 0.25) is 0 Å². The first-order valence-electron chi connectivity index (χ1n) is 7.27. The van der Waals surface area contributed by atoms with E-state index in [2.05, 4.69) is 0 Å². The molecule has 120 valence electrons. The summed E-state index contributed by atoms with van der Waals surface area (Å²) in [4.78, 5) is 39.1. The van der Waals surface area contributed by atoms with Crippen molar-refractivity contribution >= 4 is 23.3 Å². The lowest BCUT2D eigenvalue weighted by molar-refractivity contribution is -0.384. The number of rotatable bonds is 7. The number of hydrogen-bond acceptors (Lipinski definition) is 5. The van der Waals surface area contributed by atoms with Gasteiger partial charge in [-0.3, -0.25) is 14.9 Å². The third-order valence-electron chi connectivity index (χ3n) is 2.91. The van der Waals surface area contributed by atoms with Gasteiger partial charge in [0.2, 0.25) is 0 Å². The first kappa shape index (κ1) is 17.6. The van der Waals surface area contributed by atoms with Gasteiger partial charge in [0.1, 0.15) is 0 Å². The van der Waals surface area contributed by atoms with Crippen LogP contribution in [0.4, 0.5) is 11.4 Å². The maximum Gasteiger partial charge on any atom is 0.333 e. The van der Waals surface area contributed by atoms with Crippen LogP contribution in [0.15, 0.2) is 24.3 Å². The number of hydrogen-bond donors (Lipinski definition) is 0. The zero-order valence-electron chi connectivity index (χ0n) is 12.8. The highest BCUT2D eigenvalue weighted by Crippen LogP contribution is 2.21. The molecule has 0 saturated carbocycles. The Morgan fingerprint density at radius 3 is 2.27 bits per heavy atom. The molecule has 0 aliphatic carbocycles. The number of hydroxylamine groups is 1. The van der Waals surface area contributed by atoms with Crippen LogP contribution in [0, 0.1) is 10.1 Å². The quantitative estimate of drug-likeness (QED) is 0.569. The predicted octanol–water partition coefficient (Wildman–Crippen LogP) is 3.38. The number of nitro groups is 1. The van der Waals surface area contributed by atoms with Crippen LogP contribution in [0.3, 0.4) is 0 Å². The zero-order chi connectivity index (χ0) is 16.5. The maximum atomic E-state index is 12.2. The van der Waals surface area contributed by atoms with Crippen molar-refractivity contribution in [1.29, 1.82) is 0 Å². The molecule has 1 amide bonds. The first-order valence-corrected chi connectivity index (χ1v) is 7.27. The van der Waals surface area contributed by atoms with E-state index in [0.717, 1.165) is 11.5 Å². The van der Waals surface area contributed by atoms with Gasteiger partial charge in [0.25, 0.3) is 11.6 Å². The fraction of sp³-hybridized carbons (Fsp3) is 0.467. The lowest BCUT2D eigenvalue weighted by Gasteiger charge is -2.21. The SMILES string of the molecule is CCCCC(=O)N(OC(=O)CCC)c1ccc([N+](=O)[O-])cc1. The molecular formula is C15H20N2O5. The molecule has 1 aromatic carbocycles. The monoisotopic (exact) mass is 308 g/mol. The zero-order valence-corrected chi connectivity index (χ0v) is 12.8. The van der Waals surface area contributed by atoms with Crippen molar-refractivity contribution in [1.82, 2.24) is 0 Å². The summed E-state index contributed by atoms with van der Waals surface area (Å²) in [7, 11) is 0. The van der Waals surface area contributed by atoms with E-state index >= 15 is 0 Å². The lowest BCUT2D eigenvalue weighted by Crippen LogP contribution is -2.33. The van der Waals surface area contributed by atoms with Crippen molar-refractivity contribution in [3.05, 3.63) is 34.4 Å². The van der Waals surface area contributed by atoms with E-state index in [1.807, 2.05) is 13.8 Å². The van der Waals surface area contributed by atoms with Crippen LogP contribution >= 0.6 is 0 Å². The second-order valence-electron chi connectivity index (χ2n) is 4.78. The molecular weight excluding hydrogens is 288 g/mol. The molecule has 22 heavy (non-hydrogen) atoms. The second-order valence-corrected chi connectivity index (χ2v) is 4.78. The minimum absolute atomic E-state index is 0.0930. The van der Waals surface area contributed by atoms with Crippen molar-refractivity contribution in [2.75, 3.05) is 5.06 Å². The maximum absolute atomic E-state index is 12.2. The Balaban J connectivity index is 2.94. The standard InChI is InChI=1S/C15H20N2O5/c1-3-5-7-14(18)16(22-15(19)6-4-2)12-8-10-13(11-9-12)17(20)21/h8-11H,3-7H2,1-2H3. The van der Waals surface area contributed by atoms with Crippen molar-refractivity contribution in [2.45, 2.75) is 46.0 Å². The number of anilines is 1. The van der Waals surface area contributed by atoms with Gasteiger partial charge >= 0.3 is 5.97 Å². The fourth-order valence-electron chi connectivity index (χ4n) is 1.74. The number of nitrogens with zero attached hydrogens (tertiary/aromatic N) is 2. The average molecular weight is 308 g/mol. The van der Waals surface area contributed by atoms with Crippen molar-refractivity contribution in [3.8, 4) is 0 Å². The van der Waals surface area contributed by atoms with Gasteiger partial charge in [-0.05, 0) is 25.0 Å². The Morgan fingerprint density at radius 2 is 1.77 bits per heavy atom. The molecule has 0 saturated heterocycles. The largest absolute Gasteiger partial charge is 0.333 e. The van der Waals surface area contributed by atoms with Crippen molar-refractivity contribution in [2.24, 2.45) is 0 Å². The van der Waals surface area contributed by atoms with Gasteiger partial charge in [-0.25, -0.2) is 4.79 Å². The molecule has 0 aliphatic rings. The molecule has 1 aromatic rings. The molecule has 0 spiro atoms. The highest BCUT2D eigenvalue weighted by Gasteiger charge is 2.21. The summed E-state index contributed by atoms with van der Waals surface area (Å²) < 4.78 is 0. The summed E-state index contributed by atoms with van der Waals surface area (Å²) in [6.07, 6.45) is 2.56. The van der Waals surface area contributed by atoms with Crippen LogP contribution < -0.4 is 5.06 Å². The molecule has 7 nitrogen and oxygen atoms in total. The normalized spacial score (nSPS) is 10.1. The van der Waals surface area contributed by atoms with Crippen LogP contribution in [-0.4, -0.2) is 16.8 Å². The molecule has 0 aromatic heterocycles. The number of amides is 1. The van der Waals surface area contributed by atoms with E-state index in [9.17, 15) is 19.7 Å². The molecule has 0 heterocycles. The number of non-ortho nitro benzene ring substituents is 1. The van der Waals surface area contributed by atoms with E-state index in [4.69, 9.17) is 4.84 Å². The summed E-state index contributed by atoms with van der Waals surface area (Å²) >= 11 is 0.